The largest absolute Gasteiger partial charge is 0.497 e. The summed E-state index contributed by atoms with van der Waals surface area (Å²) in [6.45, 7) is 0.690. The highest BCUT2D eigenvalue weighted by molar-refractivity contribution is 9.10. The SMILES string of the molecule is COc1cc(OC)cc(-c2[nH]c3c(Br)cc(Cl)cc3c2CCCCN)c1. The van der Waals surface area contributed by atoms with Gasteiger partial charge in [0, 0.05) is 32.2 Å². The molecule has 138 valence electrons. The monoisotopic (exact) mass is 436 g/mol. The van der Waals surface area contributed by atoms with Gasteiger partial charge < -0.3 is 20.2 Å². The third kappa shape index (κ3) is 3.85. The fourth-order valence-corrected chi connectivity index (χ4v) is 4.09. The molecule has 0 saturated heterocycles. The summed E-state index contributed by atoms with van der Waals surface area (Å²) in [5.41, 5.74) is 10.0. The minimum Gasteiger partial charge on any atom is -0.497 e. The van der Waals surface area contributed by atoms with E-state index in [-0.39, 0.29) is 0 Å². The number of aromatic amines is 1. The molecule has 0 saturated carbocycles. The molecular weight excluding hydrogens is 416 g/mol. The number of aryl methyl sites for hydroxylation is 1. The van der Waals surface area contributed by atoms with Crippen LogP contribution >= 0.6 is 27.5 Å². The first-order valence-electron chi connectivity index (χ1n) is 8.50. The van der Waals surface area contributed by atoms with E-state index in [2.05, 4.69) is 20.9 Å². The molecule has 3 rings (SSSR count). The third-order valence-electron chi connectivity index (χ3n) is 4.45. The number of H-pyrrole nitrogens is 1. The fraction of sp³-hybridized carbons (Fsp3) is 0.300. The summed E-state index contributed by atoms with van der Waals surface area (Å²) in [6, 6.07) is 9.80. The summed E-state index contributed by atoms with van der Waals surface area (Å²) in [4.78, 5) is 3.56. The summed E-state index contributed by atoms with van der Waals surface area (Å²) in [7, 11) is 3.31. The van der Waals surface area contributed by atoms with Crippen molar-refractivity contribution >= 4 is 38.4 Å². The molecule has 3 N–H and O–H groups in total. The van der Waals surface area contributed by atoms with E-state index in [1.165, 1.54) is 5.56 Å². The van der Waals surface area contributed by atoms with Crippen LogP contribution in [0.3, 0.4) is 0 Å². The van der Waals surface area contributed by atoms with Crippen LogP contribution in [0.4, 0.5) is 0 Å². The van der Waals surface area contributed by atoms with E-state index >= 15 is 0 Å². The molecule has 0 unspecified atom stereocenters. The summed E-state index contributed by atoms with van der Waals surface area (Å²) in [5.74, 6) is 1.51. The van der Waals surface area contributed by atoms with Crippen molar-refractivity contribution in [1.29, 1.82) is 0 Å². The Labute approximate surface area is 166 Å². The summed E-state index contributed by atoms with van der Waals surface area (Å²) < 4.78 is 11.8. The molecule has 0 amide bonds. The predicted molar refractivity (Wildman–Crippen MR) is 112 cm³/mol. The number of nitrogens with two attached hydrogens (primary N) is 1. The van der Waals surface area contributed by atoms with Crippen LogP contribution in [0.25, 0.3) is 22.2 Å². The topological polar surface area (TPSA) is 60.3 Å². The molecular formula is C20H22BrClN2O2. The van der Waals surface area contributed by atoms with Gasteiger partial charge in [-0.05, 0) is 71.6 Å². The Morgan fingerprint density at radius 3 is 2.35 bits per heavy atom. The van der Waals surface area contributed by atoms with E-state index in [1.54, 1.807) is 14.2 Å². The molecule has 0 aliphatic heterocycles. The van der Waals surface area contributed by atoms with Gasteiger partial charge in [-0.15, -0.1) is 0 Å². The molecule has 1 heterocycles. The minimum absolute atomic E-state index is 0.690. The first kappa shape index (κ1) is 19.1. The van der Waals surface area contributed by atoms with Crippen LogP contribution in [-0.2, 0) is 6.42 Å². The van der Waals surface area contributed by atoms with Crippen molar-refractivity contribution < 1.29 is 9.47 Å². The standard InChI is InChI=1S/C20H22BrClN2O2/c1-25-14-7-12(8-15(11-14)26-2)19-16(5-3-4-6-23)17-9-13(22)10-18(21)20(17)24-19/h7-11,24H,3-6,23H2,1-2H3. The number of methoxy groups -OCH3 is 2. The van der Waals surface area contributed by atoms with Crippen LogP contribution in [0.2, 0.25) is 5.02 Å². The highest BCUT2D eigenvalue weighted by atomic mass is 79.9. The zero-order chi connectivity index (χ0) is 18.7. The second-order valence-electron chi connectivity index (χ2n) is 6.14. The van der Waals surface area contributed by atoms with Gasteiger partial charge in [0.1, 0.15) is 11.5 Å². The molecule has 0 aliphatic rings. The summed E-state index contributed by atoms with van der Waals surface area (Å²) >= 11 is 9.92. The van der Waals surface area contributed by atoms with Gasteiger partial charge in [-0.2, -0.15) is 0 Å². The molecule has 0 atom stereocenters. The number of hydrogen-bond acceptors (Lipinski definition) is 3. The van der Waals surface area contributed by atoms with E-state index in [1.807, 2.05) is 30.3 Å². The van der Waals surface area contributed by atoms with E-state index in [4.69, 9.17) is 26.8 Å². The molecule has 26 heavy (non-hydrogen) atoms. The van der Waals surface area contributed by atoms with Crippen LogP contribution in [0.5, 0.6) is 11.5 Å². The lowest BCUT2D eigenvalue weighted by molar-refractivity contribution is 0.394. The zero-order valence-electron chi connectivity index (χ0n) is 14.9. The Kier molecular flexibility index (Phi) is 6.12. The van der Waals surface area contributed by atoms with Crippen molar-refractivity contribution in [2.45, 2.75) is 19.3 Å². The second-order valence-corrected chi connectivity index (χ2v) is 7.43. The second kappa shape index (κ2) is 8.33. The molecule has 0 spiro atoms. The van der Waals surface area contributed by atoms with Crippen molar-refractivity contribution in [3.8, 4) is 22.8 Å². The number of benzene rings is 2. The first-order chi connectivity index (χ1) is 12.6. The molecule has 4 nitrogen and oxygen atoms in total. The van der Waals surface area contributed by atoms with Gasteiger partial charge in [0.25, 0.3) is 0 Å². The maximum Gasteiger partial charge on any atom is 0.123 e. The minimum atomic E-state index is 0.690. The Balaban J connectivity index is 2.21. The maximum absolute atomic E-state index is 6.30. The zero-order valence-corrected chi connectivity index (χ0v) is 17.2. The molecule has 2 aromatic carbocycles. The van der Waals surface area contributed by atoms with Gasteiger partial charge in [-0.1, -0.05) is 11.6 Å². The Morgan fingerprint density at radius 2 is 1.73 bits per heavy atom. The number of ether oxygens (including phenoxy) is 2. The number of hydrogen-bond donors (Lipinski definition) is 2. The van der Waals surface area contributed by atoms with Crippen LogP contribution in [-0.4, -0.2) is 25.7 Å². The third-order valence-corrected chi connectivity index (χ3v) is 5.30. The highest BCUT2D eigenvalue weighted by Crippen LogP contribution is 2.39. The molecule has 0 aliphatic carbocycles. The Bertz CT molecular complexity index is 902. The van der Waals surface area contributed by atoms with Crippen molar-refractivity contribution in [2.24, 2.45) is 5.73 Å². The van der Waals surface area contributed by atoms with Crippen LogP contribution in [0.1, 0.15) is 18.4 Å². The van der Waals surface area contributed by atoms with E-state index in [0.717, 1.165) is 57.4 Å². The lowest BCUT2D eigenvalue weighted by atomic mass is 10.00. The number of unbranched alkanes of at least 4 members (excludes halogenated alkanes) is 1. The molecule has 0 radical (unpaired) electrons. The quantitative estimate of drug-likeness (QED) is 0.476. The number of nitrogens with one attached hydrogen (secondary N) is 1. The van der Waals surface area contributed by atoms with Crippen molar-refractivity contribution in [2.75, 3.05) is 20.8 Å². The van der Waals surface area contributed by atoms with Gasteiger partial charge >= 0.3 is 0 Å². The van der Waals surface area contributed by atoms with Crippen LogP contribution in [0.15, 0.2) is 34.8 Å². The number of aromatic nitrogens is 1. The normalized spacial score (nSPS) is 11.1. The fourth-order valence-electron chi connectivity index (χ4n) is 3.18. The lowest BCUT2D eigenvalue weighted by Crippen LogP contribution is -1.99. The average molecular weight is 438 g/mol. The highest BCUT2D eigenvalue weighted by Gasteiger charge is 2.17. The smallest absolute Gasteiger partial charge is 0.123 e. The van der Waals surface area contributed by atoms with Gasteiger partial charge in [0.15, 0.2) is 0 Å². The number of rotatable bonds is 7. The van der Waals surface area contributed by atoms with Crippen LogP contribution in [0, 0.1) is 0 Å². The van der Waals surface area contributed by atoms with Crippen LogP contribution < -0.4 is 15.2 Å². The predicted octanol–water partition coefficient (Wildman–Crippen LogP) is 5.55. The van der Waals surface area contributed by atoms with Gasteiger partial charge in [-0.3, -0.25) is 0 Å². The van der Waals surface area contributed by atoms with E-state index in [0.29, 0.717) is 11.6 Å². The van der Waals surface area contributed by atoms with E-state index in [9.17, 15) is 0 Å². The van der Waals surface area contributed by atoms with E-state index < -0.39 is 0 Å². The molecule has 1 aromatic heterocycles. The van der Waals surface area contributed by atoms with Gasteiger partial charge in [0.2, 0.25) is 0 Å². The molecule has 6 heteroatoms. The summed E-state index contributed by atoms with van der Waals surface area (Å²) in [6.07, 6.45) is 2.91. The molecule has 0 bridgehead atoms. The van der Waals surface area contributed by atoms with Gasteiger partial charge in [-0.25, -0.2) is 0 Å². The number of fused-ring (bicyclic) bond motifs is 1. The number of halogens is 2. The molecule has 0 fully saturated rings. The van der Waals surface area contributed by atoms with Crippen molar-refractivity contribution in [1.82, 2.24) is 4.98 Å². The van der Waals surface area contributed by atoms with Crippen molar-refractivity contribution in [3.63, 3.8) is 0 Å². The van der Waals surface area contributed by atoms with Crippen molar-refractivity contribution in [3.05, 3.63) is 45.4 Å². The summed E-state index contributed by atoms with van der Waals surface area (Å²) in [5, 5.41) is 1.83. The first-order valence-corrected chi connectivity index (χ1v) is 9.67. The van der Waals surface area contributed by atoms with Gasteiger partial charge in [0.05, 0.1) is 19.7 Å². The Hall–Kier alpha value is -1.69. The average Bonchev–Trinajstić information content (AvgIpc) is 3.00. The Morgan fingerprint density at radius 1 is 1.04 bits per heavy atom. The molecule has 3 aromatic rings. The maximum atomic E-state index is 6.30. The lowest BCUT2D eigenvalue weighted by Gasteiger charge is -2.10.